The minimum atomic E-state index is -0.935. The van der Waals surface area contributed by atoms with E-state index in [0.717, 1.165) is 21.4 Å². The number of hydrogen-bond donors (Lipinski definition) is 1. The summed E-state index contributed by atoms with van der Waals surface area (Å²) in [5, 5.41) is 11.5. The molecule has 6 nitrogen and oxygen atoms in total. The topological polar surface area (TPSA) is 79.7 Å². The third-order valence-corrected chi connectivity index (χ3v) is 7.76. The number of benzene rings is 3. The Morgan fingerprint density at radius 2 is 1.86 bits per heavy atom. The summed E-state index contributed by atoms with van der Waals surface area (Å²) in [4.78, 5) is 32.4. The van der Waals surface area contributed by atoms with Crippen LogP contribution in [0, 0.1) is 12.7 Å². The lowest BCUT2D eigenvalue weighted by Gasteiger charge is -2.23. The first-order chi connectivity index (χ1) is 16.8. The van der Waals surface area contributed by atoms with Crippen molar-refractivity contribution in [2.75, 3.05) is 12.0 Å². The molecule has 1 amide bonds. The Hall–Kier alpha value is -3.56. The minimum absolute atomic E-state index is 0.0488. The Labute approximate surface area is 212 Å². The Bertz CT molecular complexity index is 1530. The van der Waals surface area contributed by atoms with Gasteiger partial charge in [-0.1, -0.05) is 45.5 Å². The molecule has 0 spiro atoms. The molecule has 0 saturated carbocycles. The summed E-state index contributed by atoms with van der Waals surface area (Å²) in [6.45, 7) is 1.86. The number of ketones is 1. The van der Waals surface area contributed by atoms with Crippen molar-refractivity contribution in [1.82, 2.24) is 4.98 Å². The molecule has 1 aliphatic heterocycles. The fraction of sp³-hybridized carbons (Fsp3) is 0.115. The molecule has 2 heterocycles. The molecule has 4 aromatic rings. The molecule has 3 aromatic carbocycles. The lowest BCUT2D eigenvalue weighted by Crippen LogP contribution is -2.29. The van der Waals surface area contributed by atoms with Gasteiger partial charge in [-0.2, -0.15) is 0 Å². The van der Waals surface area contributed by atoms with E-state index in [4.69, 9.17) is 4.74 Å². The van der Waals surface area contributed by atoms with Crippen molar-refractivity contribution in [3.05, 3.63) is 93.2 Å². The third-order valence-electron chi connectivity index (χ3n) is 5.85. The fourth-order valence-corrected chi connectivity index (χ4v) is 5.33. The molecule has 1 fully saturated rings. The number of aromatic nitrogens is 1. The van der Waals surface area contributed by atoms with Crippen LogP contribution < -0.4 is 9.64 Å². The Kier molecular flexibility index (Phi) is 5.90. The maximum absolute atomic E-state index is 13.8. The predicted molar refractivity (Wildman–Crippen MR) is 136 cm³/mol. The van der Waals surface area contributed by atoms with Crippen molar-refractivity contribution in [2.45, 2.75) is 13.0 Å². The number of Topliss-reactive ketones (excluding diaryl/α,β-unsaturated/α-hetero) is 1. The molecule has 1 unspecified atom stereocenters. The molecule has 0 radical (unpaired) electrons. The van der Waals surface area contributed by atoms with Gasteiger partial charge in [-0.25, -0.2) is 9.37 Å². The van der Waals surface area contributed by atoms with Gasteiger partial charge >= 0.3 is 5.91 Å². The molecule has 5 rings (SSSR count). The van der Waals surface area contributed by atoms with E-state index < -0.39 is 23.5 Å². The maximum atomic E-state index is 13.8. The highest BCUT2D eigenvalue weighted by atomic mass is 79.9. The minimum Gasteiger partial charge on any atom is -0.507 e. The summed E-state index contributed by atoms with van der Waals surface area (Å²) >= 11 is 4.54. The number of methoxy groups -OCH3 is 1. The van der Waals surface area contributed by atoms with Crippen LogP contribution in [0.15, 0.2) is 70.7 Å². The molecule has 35 heavy (non-hydrogen) atoms. The van der Waals surface area contributed by atoms with Crippen LogP contribution in [0.4, 0.5) is 9.52 Å². The van der Waals surface area contributed by atoms with Gasteiger partial charge in [-0.05, 0) is 60.5 Å². The molecular formula is C26H18BrFN2O4S. The normalized spacial score (nSPS) is 17.4. The number of amides is 1. The van der Waals surface area contributed by atoms with Gasteiger partial charge in [-0.15, -0.1) is 0 Å². The van der Waals surface area contributed by atoms with Crippen LogP contribution in [0.3, 0.4) is 0 Å². The van der Waals surface area contributed by atoms with Crippen LogP contribution >= 0.6 is 27.3 Å². The number of aliphatic hydroxyl groups is 1. The molecule has 1 saturated heterocycles. The largest absolute Gasteiger partial charge is 0.507 e. The zero-order chi connectivity index (χ0) is 24.9. The SMILES string of the molecule is COc1ccc(C2/C(=C(\O)c3ccc(Br)c(C)c3)C(=O)C(=O)N2c2nc3ccc(F)cc3s2)cc1. The van der Waals surface area contributed by atoms with Crippen molar-refractivity contribution in [2.24, 2.45) is 0 Å². The number of anilines is 1. The first kappa shape index (κ1) is 23.2. The highest BCUT2D eigenvalue weighted by molar-refractivity contribution is 9.10. The second kappa shape index (κ2) is 8.90. The molecule has 0 bridgehead atoms. The predicted octanol–water partition coefficient (Wildman–Crippen LogP) is 6.14. The number of rotatable bonds is 4. The summed E-state index contributed by atoms with van der Waals surface area (Å²) in [6.07, 6.45) is 0. The number of fused-ring (bicyclic) bond motifs is 1. The van der Waals surface area contributed by atoms with Crippen LogP contribution in [-0.2, 0) is 9.59 Å². The van der Waals surface area contributed by atoms with Crippen LogP contribution in [0.5, 0.6) is 5.75 Å². The van der Waals surface area contributed by atoms with E-state index in [9.17, 15) is 19.1 Å². The van der Waals surface area contributed by atoms with Gasteiger partial charge < -0.3 is 9.84 Å². The zero-order valence-electron chi connectivity index (χ0n) is 18.6. The molecule has 1 N–H and O–H groups in total. The molecule has 9 heteroatoms. The zero-order valence-corrected chi connectivity index (χ0v) is 21.0. The number of aliphatic hydroxyl groups excluding tert-OH is 1. The molecule has 1 aromatic heterocycles. The van der Waals surface area contributed by atoms with E-state index in [0.29, 0.717) is 27.1 Å². The number of carbonyl (C=O) groups is 2. The second-order valence-corrected chi connectivity index (χ2v) is 9.88. The summed E-state index contributed by atoms with van der Waals surface area (Å²) in [6, 6.07) is 15.3. The standard InChI is InChI=1S/C26H18BrFN2O4S/c1-13-11-15(5-9-18(13)27)23(31)21-22(14-3-7-17(34-2)8-4-14)30(25(33)24(21)32)26-29-19-10-6-16(28)12-20(19)35-26/h3-12,22,31H,1-2H3/b23-21+. The monoisotopic (exact) mass is 552 g/mol. The van der Waals surface area contributed by atoms with Crippen molar-refractivity contribution < 1.29 is 23.8 Å². The summed E-state index contributed by atoms with van der Waals surface area (Å²) in [5.41, 5.74) is 2.31. The highest BCUT2D eigenvalue weighted by Gasteiger charge is 2.48. The lowest BCUT2D eigenvalue weighted by atomic mass is 9.95. The average Bonchev–Trinajstić information content (AvgIpc) is 3.38. The van der Waals surface area contributed by atoms with Crippen molar-refractivity contribution in [3.8, 4) is 5.75 Å². The molecular weight excluding hydrogens is 535 g/mol. The van der Waals surface area contributed by atoms with Gasteiger partial charge in [0.25, 0.3) is 5.78 Å². The van der Waals surface area contributed by atoms with Gasteiger partial charge in [0.15, 0.2) is 5.13 Å². The maximum Gasteiger partial charge on any atom is 0.301 e. The van der Waals surface area contributed by atoms with Gasteiger partial charge in [0.05, 0.1) is 28.9 Å². The number of aryl methyl sites for hydroxylation is 1. The van der Waals surface area contributed by atoms with Crippen molar-refractivity contribution in [3.63, 3.8) is 0 Å². The molecule has 0 aliphatic carbocycles. The Morgan fingerprint density at radius 3 is 2.54 bits per heavy atom. The van der Waals surface area contributed by atoms with E-state index in [1.807, 2.05) is 6.92 Å². The Morgan fingerprint density at radius 1 is 1.11 bits per heavy atom. The Balaban J connectivity index is 1.73. The fourth-order valence-electron chi connectivity index (χ4n) is 4.07. The summed E-state index contributed by atoms with van der Waals surface area (Å²) in [7, 11) is 1.54. The van der Waals surface area contributed by atoms with Crippen molar-refractivity contribution in [1.29, 1.82) is 0 Å². The van der Waals surface area contributed by atoms with Gasteiger partial charge in [-0.3, -0.25) is 14.5 Å². The molecule has 1 atom stereocenters. The van der Waals surface area contributed by atoms with E-state index in [-0.39, 0.29) is 16.5 Å². The number of thiazole rings is 1. The lowest BCUT2D eigenvalue weighted by molar-refractivity contribution is -0.132. The van der Waals surface area contributed by atoms with Crippen LogP contribution in [0.2, 0.25) is 0 Å². The first-order valence-corrected chi connectivity index (χ1v) is 12.2. The number of hydrogen-bond acceptors (Lipinski definition) is 6. The average molecular weight is 553 g/mol. The van der Waals surface area contributed by atoms with Crippen molar-refractivity contribution >= 4 is 60.1 Å². The van der Waals surface area contributed by atoms with Gasteiger partial charge in [0, 0.05) is 10.0 Å². The van der Waals surface area contributed by atoms with E-state index in [2.05, 4.69) is 20.9 Å². The number of halogens is 2. The highest BCUT2D eigenvalue weighted by Crippen LogP contribution is 2.44. The number of carbonyl (C=O) groups excluding carboxylic acids is 2. The van der Waals surface area contributed by atoms with Crippen LogP contribution in [-0.4, -0.2) is 28.9 Å². The van der Waals surface area contributed by atoms with Crippen LogP contribution in [0.1, 0.15) is 22.7 Å². The second-order valence-electron chi connectivity index (χ2n) is 8.01. The summed E-state index contributed by atoms with van der Waals surface area (Å²) < 4.78 is 20.4. The quantitative estimate of drug-likeness (QED) is 0.187. The van der Waals surface area contributed by atoms with Gasteiger partial charge in [0.1, 0.15) is 17.3 Å². The number of ether oxygens (including phenoxy) is 1. The third kappa shape index (κ3) is 4.00. The van der Waals surface area contributed by atoms with E-state index >= 15 is 0 Å². The van der Waals surface area contributed by atoms with E-state index in [1.165, 1.54) is 30.2 Å². The first-order valence-electron chi connectivity index (χ1n) is 10.6. The molecule has 176 valence electrons. The number of nitrogens with zero attached hydrogens (tertiary/aromatic N) is 2. The summed E-state index contributed by atoms with van der Waals surface area (Å²) in [5.74, 6) is -1.75. The van der Waals surface area contributed by atoms with E-state index in [1.54, 1.807) is 42.5 Å². The smallest absolute Gasteiger partial charge is 0.301 e. The van der Waals surface area contributed by atoms with Crippen LogP contribution in [0.25, 0.3) is 16.0 Å². The van der Waals surface area contributed by atoms with Gasteiger partial charge in [0.2, 0.25) is 0 Å². The molecule has 1 aliphatic rings.